The van der Waals surface area contributed by atoms with Crippen LogP contribution in [-0.4, -0.2) is 41.2 Å². The predicted octanol–water partition coefficient (Wildman–Crippen LogP) is 4.22. The highest BCUT2D eigenvalue weighted by atomic mass is 19.1. The first-order valence-corrected chi connectivity index (χ1v) is 11.3. The average Bonchev–Trinajstić information content (AvgIpc) is 2.86. The lowest BCUT2D eigenvalue weighted by Crippen LogP contribution is -2.16. The minimum atomic E-state index is -0.787. The van der Waals surface area contributed by atoms with E-state index in [0.29, 0.717) is 6.42 Å². The first-order valence-electron chi connectivity index (χ1n) is 11.3. The third kappa shape index (κ3) is 12.2. The first kappa shape index (κ1) is 30.6. The fourth-order valence-corrected chi connectivity index (χ4v) is 2.75. The van der Waals surface area contributed by atoms with Crippen LogP contribution in [-0.2, 0) is 20.7 Å². The summed E-state index contributed by atoms with van der Waals surface area (Å²) in [7, 11) is 1.38. The van der Waals surface area contributed by atoms with Crippen LogP contribution in [0.3, 0.4) is 0 Å². The van der Waals surface area contributed by atoms with Gasteiger partial charge in [-0.2, -0.15) is 0 Å². The minimum absolute atomic E-state index is 0.0372. The molecule has 0 fully saturated rings. The normalized spacial score (nSPS) is 10.4. The molecule has 1 atom stereocenters. The first-order chi connectivity index (χ1) is 17.6. The number of methoxy groups -OCH3 is 1. The van der Waals surface area contributed by atoms with Crippen molar-refractivity contribution < 1.29 is 38.1 Å². The Morgan fingerprint density at radius 1 is 1.05 bits per heavy atom. The number of amides is 1. The summed E-state index contributed by atoms with van der Waals surface area (Å²) in [5, 5.41) is 8.59. The highest BCUT2D eigenvalue weighted by Gasteiger charge is 2.18. The number of halogens is 1. The number of aromatic hydroxyl groups is 1. The lowest BCUT2D eigenvalue weighted by atomic mass is 10.1. The van der Waals surface area contributed by atoms with Crippen LogP contribution in [0.15, 0.2) is 66.9 Å². The Bertz CT molecular complexity index is 1120. The number of carbonyl (C=O) groups is 3. The van der Waals surface area contributed by atoms with E-state index in [1.54, 1.807) is 6.92 Å². The van der Waals surface area contributed by atoms with Crippen molar-refractivity contribution in [2.45, 2.75) is 39.7 Å². The summed E-state index contributed by atoms with van der Waals surface area (Å²) in [5.74, 6) is -1.56. The van der Waals surface area contributed by atoms with Crippen molar-refractivity contribution in [1.82, 2.24) is 4.98 Å². The van der Waals surface area contributed by atoms with Crippen LogP contribution >= 0.6 is 0 Å². The summed E-state index contributed by atoms with van der Waals surface area (Å²) in [6, 6.07) is 16.5. The number of nitrogens with two attached hydrogens (primary N) is 1. The standard InChI is InChI=1S/C12H16O2.C9H10N2O4.C6H5FO/c1-3-12(13)14-10(2)9-11-7-5-4-6-8-11;1-5(12)15-8-6(14-2)3-4-11-7(8)9(10)13;7-5-1-3-6(8)4-2-5/h4-8,10H,3,9H2,1-2H3;3-4H,1-2H3,(H2,10,13);1-4,8H. The molecule has 3 rings (SSSR count). The Hall–Kier alpha value is -4.47. The van der Waals surface area contributed by atoms with Crippen molar-refractivity contribution in [1.29, 1.82) is 0 Å². The molecule has 0 aliphatic carbocycles. The van der Waals surface area contributed by atoms with Crippen molar-refractivity contribution in [3.05, 3.63) is 83.9 Å². The number of aromatic nitrogens is 1. The SMILES string of the molecule is CCC(=O)OC(C)Cc1ccccc1.COc1ccnc(C(N)=O)c1OC(C)=O.Oc1ccc(F)cc1. The second-order valence-electron chi connectivity index (χ2n) is 7.47. The highest BCUT2D eigenvalue weighted by molar-refractivity contribution is 5.95. The van der Waals surface area contributed by atoms with E-state index in [4.69, 9.17) is 25.1 Å². The molecule has 9 nitrogen and oxygen atoms in total. The van der Waals surface area contributed by atoms with Gasteiger partial charge < -0.3 is 25.1 Å². The quantitative estimate of drug-likeness (QED) is 0.447. The molecule has 3 aromatic rings. The average molecular weight is 515 g/mol. The van der Waals surface area contributed by atoms with Crippen LogP contribution in [0.4, 0.5) is 4.39 Å². The van der Waals surface area contributed by atoms with Gasteiger partial charge in [-0.1, -0.05) is 37.3 Å². The van der Waals surface area contributed by atoms with Gasteiger partial charge in [-0.15, -0.1) is 0 Å². The van der Waals surface area contributed by atoms with Gasteiger partial charge in [-0.3, -0.25) is 14.4 Å². The van der Waals surface area contributed by atoms with Gasteiger partial charge in [0.05, 0.1) is 7.11 Å². The van der Waals surface area contributed by atoms with E-state index in [1.165, 1.54) is 56.1 Å². The molecule has 0 saturated heterocycles. The number of hydrogen-bond acceptors (Lipinski definition) is 8. The molecule has 0 aliphatic rings. The summed E-state index contributed by atoms with van der Waals surface area (Å²) >= 11 is 0. The van der Waals surface area contributed by atoms with E-state index >= 15 is 0 Å². The smallest absolute Gasteiger partial charge is 0.308 e. The van der Waals surface area contributed by atoms with Gasteiger partial charge in [0.1, 0.15) is 17.7 Å². The van der Waals surface area contributed by atoms with Gasteiger partial charge in [0.25, 0.3) is 5.91 Å². The molecule has 1 heterocycles. The number of carbonyl (C=O) groups excluding carboxylic acids is 3. The molecule has 3 N–H and O–H groups in total. The molecule has 37 heavy (non-hydrogen) atoms. The molecular weight excluding hydrogens is 483 g/mol. The molecule has 1 amide bonds. The minimum Gasteiger partial charge on any atom is -0.508 e. The number of benzene rings is 2. The van der Waals surface area contributed by atoms with Crippen LogP contribution in [0.2, 0.25) is 0 Å². The van der Waals surface area contributed by atoms with Gasteiger partial charge >= 0.3 is 11.9 Å². The number of pyridine rings is 1. The van der Waals surface area contributed by atoms with Crippen LogP contribution in [0.1, 0.15) is 43.2 Å². The predicted molar refractivity (Wildman–Crippen MR) is 135 cm³/mol. The summed E-state index contributed by atoms with van der Waals surface area (Å²) < 4.78 is 26.9. The molecular formula is C27H31FN2O7. The fourth-order valence-electron chi connectivity index (χ4n) is 2.75. The van der Waals surface area contributed by atoms with Gasteiger partial charge in [0.2, 0.25) is 5.75 Å². The molecule has 1 aromatic heterocycles. The van der Waals surface area contributed by atoms with Crippen molar-refractivity contribution in [3.8, 4) is 17.2 Å². The van der Waals surface area contributed by atoms with E-state index in [2.05, 4.69) is 4.98 Å². The maximum Gasteiger partial charge on any atom is 0.308 e. The second kappa shape index (κ2) is 16.2. The Morgan fingerprint density at radius 2 is 1.68 bits per heavy atom. The van der Waals surface area contributed by atoms with Crippen molar-refractivity contribution >= 4 is 17.8 Å². The molecule has 198 valence electrons. The van der Waals surface area contributed by atoms with E-state index in [1.807, 2.05) is 37.3 Å². The zero-order chi connectivity index (χ0) is 27.8. The van der Waals surface area contributed by atoms with Crippen LogP contribution in [0.25, 0.3) is 0 Å². The molecule has 2 aromatic carbocycles. The highest BCUT2D eigenvalue weighted by Crippen LogP contribution is 2.29. The number of phenols is 1. The summed E-state index contributed by atoms with van der Waals surface area (Å²) in [5.41, 5.74) is 6.13. The summed E-state index contributed by atoms with van der Waals surface area (Å²) in [6.45, 7) is 4.93. The lowest BCUT2D eigenvalue weighted by molar-refractivity contribution is -0.147. The number of ether oxygens (including phenoxy) is 3. The number of hydrogen-bond donors (Lipinski definition) is 2. The van der Waals surface area contributed by atoms with Crippen LogP contribution in [0.5, 0.6) is 17.2 Å². The molecule has 0 saturated carbocycles. The molecule has 0 spiro atoms. The monoisotopic (exact) mass is 514 g/mol. The van der Waals surface area contributed by atoms with E-state index in [-0.39, 0.29) is 40.8 Å². The Balaban J connectivity index is 0.000000290. The second-order valence-corrected chi connectivity index (χ2v) is 7.47. The largest absolute Gasteiger partial charge is 0.508 e. The lowest BCUT2D eigenvalue weighted by Gasteiger charge is -2.12. The zero-order valence-electron chi connectivity index (χ0n) is 21.1. The Labute approximate surface area is 215 Å². The maximum absolute atomic E-state index is 12.0. The van der Waals surface area contributed by atoms with Crippen molar-refractivity contribution in [2.75, 3.05) is 7.11 Å². The third-order valence-electron chi connectivity index (χ3n) is 4.38. The van der Waals surface area contributed by atoms with Crippen LogP contribution in [0, 0.1) is 5.82 Å². The summed E-state index contributed by atoms with van der Waals surface area (Å²) in [4.78, 5) is 36.5. The topological polar surface area (TPSA) is 138 Å². The Morgan fingerprint density at radius 3 is 2.16 bits per heavy atom. The maximum atomic E-state index is 12.0. The van der Waals surface area contributed by atoms with Gasteiger partial charge in [-0.25, -0.2) is 9.37 Å². The fraction of sp³-hybridized carbons (Fsp3) is 0.259. The number of esters is 2. The van der Waals surface area contributed by atoms with Gasteiger partial charge in [-0.05, 0) is 36.8 Å². The number of rotatable bonds is 7. The number of primary amides is 1. The summed E-state index contributed by atoms with van der Waals surface area (Å²) in [6.07, 6.45) is 2.53. The zero-order valence-corrected chi connectivity index (χ0v) is 21.1. The number of nitrogens with zero attached hydrogens (tertiary/aromatic N) is 1. The molecule has 0 aliphatic heterocycles. The third-order valence-corrected chi connectivity index (χ3v) is 4.38. The molecule has 1 unspecified atom stereocenters. The molecule has 0 bridgehead atoms. The molecule has 0 radical (unpaired) electrons. The van der Waals surface area contributed by atoms with Crippen molar-refractivity contribution in [3.63, 3.8) is 0 Å². The molecule has 10 heteroatoms. The van der Waals surface area contributed by atoms with Gasteiger partial charge in [0.15, 0.2) is 11.4 Å². The van der Waals surface area contributed by atoms with Crippen molar-refractivity contribution in [2.24, 2.45) is 5.73 Å². The van der Waals surface area contributed by atoms with E-state index in [9.17, 15) is 18.8 Å². The van der Waals surface area contributed by atoms with Gasteiger partial charge in [0, 0.05) is 32.0 Å². The van der Waals surface area contributed by atoms with E-state index < -0.39 is 11.9 Å². The number of phenolic OH excluding ortho intramolecular Hbond substituents is 1. The van der Waals surface area contributed by atoms with Crippen LogP contribution < -0.4 is 15.2 Å². The Kier molecular flexibility index (Phi) is 13.4. The van der Waals surface area contributed by atoms with E-state index in [0.717, 1.165) is 6.42 Å².